The quantitative estimate of drug-likeness (QED) is 0.511. The van der Waals surface area contributed by atoms with E-state index >= 15 is 0 Å². The van der Waals surface area contributed by atoms with Gasteiger partial charge >= 0.3 is 0 Å². The largest absolute Gasteiger partial charge is 0.493 e. The van der Waals surface area contributed by atoms with Gasteiger partial charge in [0, 0.05) is 10.9 Å². The number of hydrazone groups is 1. The number of hydrogen-bond donors (Lipinski definition) is 1. The summed E-state index contributed by atoms with van der Waals surface area (Å²) in [4.78, 5) is 5.70. The van der Waals surface area contributed by atoms with Crippen LogP contribution in [0.5, 0.6) is 11.5 Å². The highest BCUT2D eigenvalue weighted by Gasteiger charge is 2.08. The molecule has 0 saturated carbocycles. The average Bonchev–Trinajstić information content (AvgIpc) is 3.30. The molecule has 1 aromatic carbocycles. The Kier molecular flexibility index (Phi) is 5.12. The summed E-state index contributed by atoms with van der Waals surface area (Å²) >= 11 is 3.20. The van der Waals surface area contributed by atoms with Gasteiger partial charge in [-0.3, -0.25) is 5.43 Å². The van der Waals surface area contributed by atoms with E-state index < -0.39 is 0 Å². The fourth-order valence-electron chi connectivity index (χ4n) is 2.12. The first-order valence-electron chi connectivity index (χ1n) is 7.23. The van der Waals surface area contributed by atoms with Crippen molar-refractivity contribution in [3.05, 3.63) is 46.7 Å². The van der Waals surface area contributed by atoms with Crippen molar-refractivity contribution < 1.29 is 9.47 Å². The topological polar surface area (TPSA) is 55.7 Å². The van der Waals surface area contributed by atoms with Crippen LogP contribution in [0.4, 0.5) is 5.13 Å². The molecule has 2 heterocycles. The molecule has 0 saturated heterocycles. The maximum atomic E-state index is 5.32. The average molecular weight is 359 g/mol. The lowest BCUT2D eigenvalue weighted by molar-refractivity contribution is 0.355. The third kappa shape index (κ3) is 3.58. The Morgan fingerprint density at radius 2 is 1.96 bits per heavy atom. The Morgan fingerprint density at radius 1 is 1.12 bits per heavy atom. The zero-order valence-electron chi connectivity index (χ0n) is 13.6. The minimum absolute atomic E-state index is 0.679. The van der Waals surface area contributed by atoms with Gasteiger partial charge in [0.1, 0.15) is 0 Å². The van der Waals surface area contributed by atoms with E-state index in [1.807, 2.05) is 41.9 Å². The summed E-state index contributed by atoms with van der Waals surface area (Å²) in [5.41, 5.74) is 5.78. The maximum Gasteiger partial charge on any atom is 0.203 e. The lowest BCUT2D eigenvalue weighted by Crippen LogP contribution is -2.01. The van der Waals surface area contributed by atoms with Gasteiger partial charge in [0.2, 0.25) is 5.13 Å². The van der Waals surface area contributed by atoms with Gasteiger partial charge in [0.15, 0.2) is 11.5 Å². The maximum absolute atomic E-state index is 5.32. The number of nitrogens with one attached hydrogen (secondary N) is 1. The zero-order chi connectivity index (χ0) is 16.9. The van der Waals surface area contributed by atoms with Crippen LogP contribution < -0.4 is 14.9 Å². The molecule has 0 aliphatic rings. The Morgan fingerprint density at radius 3 is 2.67 bits per heavy atom. The van der Waals surface area contributed by atoms with E-state index in [2.05, 4.69) is 21.6 Å². The van der Waals surface area contributed by atoms with Crippen LogP contribution >= 0.6 is 22.7 Å². The molecule has 0 amide bonds. The van der Waals surface area contributed by atoms with Crippen molar-refractivity contribution in [2.45, 2.75) is 6.92 Å². The number of anilines is 1. The molecule has 0 spiro atoms. The van der Waals surface area contributed by atoms with Gasteiger partial charge in [-0.15, -0.1) is 22.7 Å². The van der Waals surface area contributed by atoms with Crippen molar-refractivity contribution in [1.82, 2.24) is 4.98 Å². The number of aromatic nitrogens is 1. The second-order valence-electron chi connectivity index (χ2n) is 4.89. The summed E-state index contributed by atoms with van der Waals surface area (Å²) in [5.74, 6) is 1.38. The molecule has 5 nitrogen and oxygen atoms in total. The van der Waals surface area contributed by atoms with E-state index in [4.69, 9.17) is 9.47 Å². The van der Waals surface area contributed by atoms with Crippen molar-refractivity contribution in [2.75, 3.05) is 19.6 Å². The number of ether oxygens (including phenoxy) is 2. The van der Waals surface area contributed by atoms with Gasteiger partial charge in [-0.2, -0.15) is 5.10 Å². The van der Waals surface area contributed by atoms with E-state index in [0.29, 0.717) is 11.5 Å². The number of methoxy groups -OCH3 is 2. The summed E-state index contributed by atoms with van der Waals surface area (Å²) in [6.45, 7) is 1.93. The van der Waals surface area contributed by atoms with Gasteiger partial charge in [-0.05, 0) is 36.6 Å². The fourth-order valence-corrected chi connectivity index (χ4v) is 3.53. The first-order chi connectivity index (χ1) is 11.7. The molecule has 0 radical (unpaired) electrons. The zero-order valence-corrected chi connectivity index (χ0v) is 15.2. The predicted molar refractivity (Wildman–Crippen MR) is 101 cm³/mol. The van der Waals surface area contributed by atoms with Gasteiger partial charge in [0.25, 0.3) is 0 Å². The Labute approximate surface area is 148 Å². The minimum atomic E-state index is 0.679. The molecule has 3 aromatic rings. The summed E-state index contributed by atoms with van der Waals surface area (Å²) in [5, 5.41) is 9.24. The molecule has 1 N–H and O–H groups in total. The molecule has 0 fully saturated rings. The third-order valence-electron chi connectivity index (χ3n) is 3.40. The molecule has 0 aliphatic carbocycles. The SMILES string of the molecule is COc1ccc(/C(C)=N/Nc2nc(-c3cccs3)cs2)cc1OC. The molecule has 24 heavy (non-hydrogen) atoms. The second kappa shape index (κ2) is 7.46. The van der Waals surface area contributed by atoms with E-state index in [9.17, 15) is 0 Å². The molecule has 0 bridgehead atoms. The highest BCUT2D eigenvalue weighted by Crippen LogP contribution is 2.29. The van der Waals surface area contributed by atoms with Crippen LogP contribution in [0.3, 0.4) is 0 Å². The lowest BCUT2D eigenvalue weighted by Gasteiger charge is -2.09. The molecule has 2 aromatic heterocycles. The van der Waals surface area contributed by atoms with Crippen molar-refractivity contribution in [1.29, 1.82) is 0 Å². The number of hydrogen-bond acceptors (Lipinski definition) is 7. The number of rotatable bonds is 6. The Bertz CT molecular complexity index is 841. The summed E-state index contributed by atoms with van der Waals surface area (Å²) in [6.07, 6.45) is 0. The lowest BCUT2D eigenvalue weighted by atomic mass is 10.1. The van der Waals surface area contributed by atoms with Crippen molar-refractivity contribution >= 4 is 33.5 Å². The molecule has 0 aliphatic heterocycles. The van der Waals surface area contributed by atoms with Gasteiger partial charge in [0.05, 0.1) is 30.5 Å². The fraction of sp³-hybridized carbons (Fsp3) is 0.176. The molecule has 3 rings (SSSR count). The molecule has 124 valence electrons. The number of thiophene rings is 1. The highest BCUT2D eigenvalue weighted by molar-refractivity contribution is 7.15. The first-order valence-corrected chi connectivity index (χ1v) is 8.99. The van der Waals surface area contributed by atoms with Gasteiger partial charge in [-0.25, -0.2) is 4.98 Å². The van der Waals surface area contributed by atoms with E-state index in [-0.39, 0.29) is 0 Å². The van der Waals surface area contributed by atoms with Gasteiger partial charge in [-0.1, -0.05) is 6.07 Å². The predicted octanol–water partition coefficient (Wildman–Crippen LogP) is 4.72. The molecule has 0 atom stereocenters. The number of nitrogens with zero attached hydrogens (tertiary/aromatic N) is 2. The molecular weight excluding hydrogens is 342 g/mol. The van der Waals surface area contributed by atoms with E-state index in [1.165, 1.54) is 11.3 Å². The summed E-state index contributed by atoms with van der Waals surface area (Å²) in [7, 11) is 3.24. The highest BCUT2D eigenvalue weighted by atomic mass is 32.1. The van der Waals surface area contributed by atoms with Crippen LogP contribution in [0.25, 0.3) is 10.6 Å². The Hall–Kier alpha value is -2.38. The van der Waals surface area contributed by atoms with Crippen LogP contribution in [0.15, 0.2) is 46.2 Å². The number of benzene rings is 1. The van der Waals surface area contributed by atoms with E-state index in [1.54, 1.807) is 25.6 Å². The van der Waals surface area contributed by atoms with Crippen LogP contribution in [0.1, 0.15) is 12.5 Å². The summed E-state index contributed by atoms with van der Waals surface area (Å²) < 4.78 is 10.6. The molecular formula is C17H17N3O2S2. The normalized spacial score (nSPS) is 11.4. The van der Waals surface area contributed by atoms with E-state index in [0.717, 1.165) is 27.0 Å². The Balaban J connectivity index is 1.75. The van der Waals surface area contributed by atoms with Crippen LogP contribution in [0, 0.1) is 0 Å². The van der Waals surface area contributed by atoms with Crippen LogP contribution in [-0.4, -0.2) is 24.9 Å². The summed E-state index contributed by atoms with van der Waals surface area (Å²) in [6, 6.07) is 9.79. The van der Waals surface area contributed by atoms with Crippen molar-refractivity contribution in [3.8, 4) is 22.1 Å². The van der Waals surface area contributed by atoms with Crippen molar-refractivity contribution in [3.63, 3.8) is 0 Å². The van der Waals surface area contributed by atoms with Gasteiger partial charge < -0.3 is 9.47 Å². The molecule has 0 unspecified atom stereocenters. The minimum Gasteiger partial charge on any atom is -0.493 e. The first kappa shape index (κ1) is 16.5. The van der Waals surface area contributed by atoms with Crippen molar-refractivity contribution in [2.24, 2.45) is 5.10 Å². The standard InChI is InChI=1S/C17H17N3O2S2/c1-11(12-6-7-14(21-2)15(9-12)22-3)19-20-17-18-13(10-24-17)16-5-4-8-23-16/h4-10H,1-3H3,(H,18,20)/b19-11+. The molecule has 7 heteroatoms. The smallest absolute Gasteiger partial charge is 0.203 e. The number of thiazole rings is 1. The van der Waals surface area contributed by atoms with Crippen LogP contribution in [-0.2, 0) is 0 Å². The third-order valence-corrected chi connectivity index (χ3v) is 5.04. The monoisotopic (exact) mass is 359 g/mol. The second-order valence-corrected chi connectivity index (χ2v) is 6.70. The van der Waals surface area contributed by atoms with Crippen LogP contribution in [0.2, 0.25) is 0 Å².